The highest BCUT2D eigenvalue weighted by atomic mass is 16.5. The average molecular weight is 282 g/mol. The Morgan fingerprint density at radius 1 is 1.25 bits per heavy atom. The summed E-state index contributed by atoms with van der Waals surface area (Å²) in [4.78, 5) is 26.4. The van der Waals surface area contributed by atoms with Crippen molar-refractivity contribution in [2.45, 2.75) is 64.0 Å². The normalized spacial score (nSPS) is 23.1. The third-order valence-electron chi connectivity index (χ3n) is 4.04. The highest BCUT2D eigenvalue weighted by molar-refractivity contribution is 5.93. The first kappa shape index (κ1) is 15.3. The molecule has 1 aliphatic carbocycles. The Morgan fingerprint density at radius 3 is 2.50 bits per heavy atom. The first-order valence-corrected chi connectivity index (χ1v) is 7.57. The smallest absolute Gasteiger partial charge is 0.248 e. The summed E-state index contributed by atoms with van der Waals surface area (Å²) < 4.78 is 5.70. The van der Waals surface area contributed by atoms with E-state index < -0.39 is 5.54 Å². The quantitative estimate of drug-likeness (QED) is 0.852. The summed E-state index contributed by atoms with van der Waals surface area (Å²) in [6.45, 7) is 7.58. The fourth-order valence-corrected chi connectivity index (χ4v) is 3.02. The van der Waals surface area contributed by atoms with Gasteiger partial charge in [0.25, 0.3) is 0 Å². The predicted molar refractivity (Wildman–Crippen MR) is 76.2 cm³/mol. The predicted octanol–water partition coefficient (Wildman–Crippen LogP) is 1.46. The van der Waals surface area contributed by atoms with Crippen molar-refractivity contribution in [3.8, 4) is 0 Å². The molecule has 2 aliphatic rings. The zero-order valence-corrected chi connectivity index (χ0v) is 12.8. The van der Waals surface area contributed by atoms with Gasteiger partial charge in [-0.05, 0) is 33.6 Å². The molecule has 0 atom stereocenters. The van der Waals surface area contributed by atoms with E-state index in [-0.39, 0.29) is 17.4 Å². The third kappa shape index (κ3) is 3.51. The van der Waals surface area contributed by atoms with Crippen molar-refractivity contribution < 1.29 is 14.3 Å². The van der Waals surface area contributed by atoms with Crippen LogP contribution in [0.15, 0.2) is 0 Å². The number of nitrogens with one attached hydrogen (secondary N) is 1. The molecule has 1 spiro atoms. The summed E-state index contributed by atoms with van der Waals surface area (Å²) in [6, 6.07) is 0. The van der Waals surface area contributed by atoms with Crippen LogP contribution in [0, 0.1) is 0 Å². The van der Waals surface area contributed by atoms with Crippen LogP contribution in [0.5, 0.6) is 0 Å². The molecule has 114 valence electrons. The zero-order valence-electron chi connectivity index (χ0n) is 12.8. The van der Waals surface area contributed by atoms with Crippen molar-refractivity contribution >= 4 is 11.8 Å². The van der Waals surface area contributed by atoms with Crippen molar-refractivity contribution in [1.82, 2.24) is 10.2 Å². The second-order valence-electron chi connectivity index (χ2n) is 6.84. The summed E-state index contributed by atoms with van der Waals surface area (Å²) in [7, 11) is 0. The van der Waals surface area contributed by atoms with Gasteiger partial charge in [0.15, 0.2) is 0 Å². The monoisotopic (exact) mass is 282 g/mol. The Bertz CT molecular complexity index is 381. The fraction of sp³-hybridized carbons (Fsp3) is 0.867. The van der Waals surface area contributed by atoms with Crippen LogP contribution < -0.4 is 5.32 Å². The molecular weight excluding hydrogens is 256 g/mol. The average Bonchev–Trinajstić information content (AvgIpc) is 2.76. The van der Waals surface area contributed by atoms with E-state index >= 15 is 0 Å². The molecule has 0 aromatic rings. The lowest BCUT2D eigenvalue weighted by Gasteiger charge is -2.32. The number of rotatable bonds is 3. The molecule has 0 bridgehead atoms. The van der Waals surface area contributed by atoms with Crippen LogP contribution in [0.4, 0.5) is 0 Å². The van der Waals surface area contributed by atoms with Gasteiger partial charge >= 0.3 is 0 Å². The molecule has 0 unspecified atom stereocenters. The maximum atomic E-state index is 12.7. The Hall–Kier alpha value is -1.10. The minimum absolute atomic E-state index is 0.000472. The Balaban J connectivity index is 2.01. The van der Waals surface area contributed by atoms with Crippen LogP contribution in [0.25, 0.3) is 0 Å². The van der Waals surface area contributed by atoms with Gasteiger partial charge in [-0.25, -0.2) is 0 Å². The van der Waals surface area contributed by atoms with Crippen LogP contribution in [-0.2, 0) is 14.3 Å². The molecule has 1 heterocycles. The lowest BCUT2D eigenvalue weighted by atomic mass is 9.96. The van der Waals surface area contributed by atoms with Gasteiger partial charge in [-0.3, -0.25) is 9.59 Å². The van der Waals surface area contributed by atoms with Gasteiger partial charge in [-0.1, -0.05) is 12.8 Å². The van der Waals surface area contributed by atoms with E-state index in [1.54, 1.807) is 4.90 Å². The van der Waals surface area contributed by atoms with E-state index in [4.69, 9.17) is 4.74 Å². The van der Waals surface area contributed by atoms with Gasteiger partial charge in [-0.2, -0.15) is 0 Å². The second kappa shape index (κ2) is 5.72. The van der Waals surface area contributed by atoms with Crippen LogP contribution in [0.2, 0.25) is 0 Å². The van der Waals surface area contributed by atoms with Gasteiger partial charge < -0.3 is 15.0 Å². The van der Waals surface area contributed by atoms with E-state index in [0.29, 0.717) is 26.1 Å². The molecule has 2 rings (SSSR count). The molecule has 1 N–H and O–H groups in total. The first-order chi connectivity index (χ1) is 9.32. The van der Waals surface area contributed by atoms with Crippen LogP contribution in [0.3, 0.4) is 0 Å². The molecular formula is C15H26N2O3. The Labute approximate surface area is 121 Å². The summed E-state index contributed by atoms with van der Waals surface area (Å²) in [6.07, 6.45) is 3.96. The van der Waals surface area contributed by atoms with E-state index in [9.17, 15) is 9.59 Å². The molecule has 5 nitrogen and oxygen atoms in total. The van der Waals surface area contributed by atoms with Crippen molar-refractivity contribution in [2.75, 3.05) is 19.7 Å². The molecule has 0 aromatic carbocycles. The van der Waals surface area contributed by atoms with Gasteiger partial charge in [0.2, 0.25) is 11.8 Å². The molecule has 0 radical (unpaired) electrons. The topological polar surface area (TPSA) is 58.6 Å². The van der Waals surface area contributed by atoms with Crippen molar-refractivity contribution in [3.63, 3.8) is 0 Å². The standard InChI is InChI=1S/C15H26N2O3/c1-14(2,3)20-11-10-17-9-6-12(18)16-15(13(17)19)7-4-5-8-15/h4-11H2,1-3H3,(H,16,18). The van der Waals surface area contributed by atoms with Gasteiger partial charge in [0, 0.05) is 19.5 Å². The van der Waals surface area contributed by atoms with E-state index in [0.717, 1.165) is 25.7 Å². The van der Waals surface area contributed by atoms with Crippen molar-refractivity contribution in [3.05, 3.63) is 0 Å². The Kier molecular flexibility index (Phi) is 4.37. The molecule has 2 amide bonds. The van der Waals surface area contributed by atoms with Crippen molar-refractivity contribution in [2.24, 2.45) is 0 Å². The number of hydrogen-bond acceptors (Lipinski definition) is 3. The van der Waals surface area contributed by atoms with Gasteiger partial charge in [-0.15, -0.1) is 0 Å². The Morgan fingerprint density at radius 2 is 1.90 bits per heavy atom. The number of amides is 2. The molecule has 1 saturated carbocycles. The number of carbonyl (C=O) groups is 2. The fourth-order valence-electron chi connectivity index (χ4n) is 3.02. The number of nitrogens with zero attached hydrogens (tertiary/aromatic N) is 1. The number of ether oxygens (including phenoxy) is 1. The zero-order chi connectivity index (χ0) is 14.8. The summed E-state index contributed by atoms with van der Waals surface area (Å²) in [5.74, 6) is 0.0813. The first-order valence-electron chi connectivity index (χ1n) is 7.57. The second-order valence-corrected chi connectivity index (χ2v) is 6.84. The van der Waals surface area contributed by atoms with E-state index in [2.05, 4.69) is 5.32 Å². The summed E-state index contributed by atoms with van der Waals surface area (Å²) >= 11 is 0. The minimum atomic E-state index is -0.630. The maximum Gasteiger partial charge on any atom is 0.248 e. The summed E-state index contributed by atoms with van der Waals surface area (Å²) in [5, 5.41) is 2.97. The number of carbonyl (C=O) groups excluding carboxylic acids is 2. The van der Waals surface area contributed by atoms with E-state index in [1.165, 1.54) is 0 Å². The van der Waals surface area contributed by atoms with Crippen LogP contribution in [0.1, 0.15) is 52.9 Å². The van der Waals surface area contributed by atoms with Crippen LogP contribution >= 0.6 is 0 Å². The van der Waals surface area contributed by atoms with Crippen molar-refractivity contribution in [1.29, 1.82) is 0 Å². The third-order valence-corrected chi connectivity index (χ3v) is 4.04. The van der Waals surface area contributed by atoms with Gasteiger partial charge in [0.1, 0.15) is 5.54 Å². The lowest BCUT2D eigenvalue weighted by Crippen LogP contribution is -2.55. The molecule has 20 heavy (non-hydrogen) atoms. The minimum Gasteiger partial charge on any atom is -0.374 e. The highest BCUT2D eigenvalue weighted by Crippen LogP contribution is 2.32. The van der Waals surface area contributed by atoms with Gasteiger partial charge in [0.05, 0.1) is 12.2 Å². The van der Waals surface area contributed by atoms with Crippen LogP contribution in [-0.4, -0.2) is 47.6 Å². The molecule has 1 saturated heterocycles. The largest absolute Gasteiger partial charge is 0.374 e. The molecule has 2 fully saturated rings. The summed E-state index contributed by atoms with van der Waals surface area (Å²) in [5.41, 5.74) is -0.830. The highest BCUT2D eigenvalue weighted by Gasteiger charge is 2.46. The SMILES string of the molecule is CC(C)(C)OCCN1CCC(=O)NC2(CCCC2)C1=O. The van der Waals surface area contributed by atoms with E-state index in [1.807, 2.05) is 20.8 Å². The number of hydrogen-bond donors (Lipinski definition) is 1. The molecule has 0 aromatic heterocycles. The molecule has 1 aliphatic heterocycles. The molecule has 5 heteroatoms. The maximum absolute atomic E-state index is 12.7. The lowest BCUT2D eigenvalue weighted by molar-refractivity contribution is -0.139.